The molecule has 4 nitrogen and oxygen atoms in total. The second-order valence-electron chi connectivity index (χ2n) is 6.34. The van der Waals surface area contributed by atoms with Gasteiger partial charge in [-0.1, -0.05) is 48.5 Å². The Hall–Kier alpha value is -2.62. The van der Waals surface area contributed by atoms with Crippen molar-refractivity contribution in [2.45, 2.75) is 24.8 Å². The lowest BCUT2D eigenvalue weighted by Gasteiger charge is -2.21. The quantitative estimate of drug-likeness (QED) is 0.812. The molecule has 0 N–H and O–H groups in total. The maximum absolute atomic E-state index is 12.3. The monoisotopic (exact) mass is 321 g/mol. The summed E-state index contributed by atoms with van der Waals surface area (Å²) in [5.74, 6) is 0.0543. The molecule has 4 rings (SSSR count). The Morgan fingerprint density at radius 2 is 1.71 bits per heavy atom. The van der Waals surface area contributed by atoms with Gasteiger partial charge in [0, 0.05) is 12.5 Å². The molecular weight excluding hydrogens is 302 g/mol. The van der Waals surface area contributed by atoms with Crippen molar-refractivity contribution in [3.05, 3.63) is 59.7 Å². The smallest absolute Gasteiger partial charge is 0.410 e. The first-order valence-electron chi connectivity index (χ1n) is 8.36. The van der Waals surface area contributed by atoms with Crippen LogP contribution in [0.4, 0.5) is 4.79 Å². The summed E-state index contributed by atoms with van der Waals surface area (Å²) < 4.78 is 5.58. The molecule has 1 aliphatic carbocycles. The second kappa shape index (κ2) is 6.11. The Kier molecular flexibility index (Phi) is 3.81. The number of aldehydes is 1. The molecule has 1 amide bonds. The molecule has 2 aliphatic rings. The summed E-state index contributed by atoms with van der Waals surface area (Å²) in [4.78, 5) is 24.9. The summed E-state index contributed by atoms with van der Waals surface area (Å²) in [5.41, 5.74) is 4.81. The van der Waals surface area contributed by atoms with E-state index in [1.807, 2.05) is 24.3 Å². The van der Waals surface area contributed by atoms with Crippen LogP contribution in [-0.2, 0) is 9.53 Å². The number of carbonyl (C=O) groups is 2. The van der Waals surface area contributed by atoms with Gasteiger partial charge in [-0.3, -0.25) is 4.90 Å². The molecule has 122 valence electrons. The average molecular weight is 321 g/mol. The first kappa shape index (κ1) is 14.9. The largest absolute Gasteiger partial charge is 0.448 e. The van der Waals surface area contributed by atoms with E-state index in [-0.39, 0.29) is 18.1 Å². The van der Waals surface area contributed by atoms with Crippen LogP contribution in [0.1, 0.15) is 29.9 Å². The van der Waals surface area contributed by atoms with Gasteiger partial charge in [0.15, 0.2) is 0 Å². The minimum Gasteiger partial charge on any atom is -0.448 e. The molecule has 0 radical (unpaired) electrons. The van der Waals surface area contributed by atoms with Crippen LogP contribution in [0.2, 0.25) is 0 Å². The lowest BCUT2D eigenvalue weighted by Crippen LogP contribution is -2.37. The number of hydrogen-bond acceptors (Lipinski definition) is 3. The highest BCUT2D eigenvalue weighted by atomic mass is 16.6. The van der Waals surface area contributed by atoms with Crippen LogP contribution in [0.25, 0.3) is 11.1 Å². The van der Waals surface area contributed by atoms with Gasteiger partial charge in [0.1, 0.15) is 12.9 Å². The van der Waals surface area contributed by atoms with E-state index in [1.165, 1.54) is 22.3 Å². The van der Waals surface area contributed by atoms with E-state index in [1.54, 1.807) is 4.90 Å². The number of nitrogens with zero attached hydrogens (tertiary/aromatic N) is 1. The summed E-state index contributed by atoms with van der Waals surface area (Å²) in [5, 5.41) is 0. The van der Waals surface area contributed by atoms with E-state index in [9.17, 15) is 9.59 Å². The van der Waals surface area contributed by atoms with E-state index in [2.05, 4.69) is 24.3 Å². The van der Waals surface area contributed by atoms with Gasteiger partial charge in [0.25, 0.3) is 0 Å². The average Bonchev–Trinajstić information content (AvgIpc) is 3.22. The van der Waals surface area contributed by atoms with Crippen molar-refractivity contribution in [1.29, 1.82) is 0 Å². The highest BCUT2D eigenvalue weighted by molar-refractivity contribution is 5.79. The van der Waals surface area contributed by atoms with Gasteiger partial charge in [0.05, 0.1) is 6.04 Å². The van der Waals surface area contributed by atoms with Crippen LogP contribution in [0.3, 0.4) is 0 Å². The predicted octanol–water partition coefficient (Wildman–Crippen LogP) is 3.60. The fourth-order valence-corrected chi connectivity index (χ4v) is 3.84. The molecule has 24 heavy (non-hydrogen) atoms. The zero-order valence-electron chi connectivity index (χ0n) is 13.4. The molecule has 2 aromatic carbocycles. The Morgan fingerprint density at radius 1 is 1.08 bits per heavy atom. The fourth-order valence-electron chi connectivity index (χ4n) is 3.84. The number of benzene rings is 2. The molecule has 0 saturated carbocycles. The summed E-state index contributed by atoms with van der Waals surface area (Å²) in [6.45, 7) is 0.898. The van der Waals surface area contributed by atoms with Crippen LogP contribution in [0.15, 0.2) is 48.5 Å². The third kappa shape index (κ3) is 2.39. The van der Waals surface area contributed by atoms with Gasteiger partial charge < -0.3 is 9.53 Å². The number of fused-ring (bicyclic) bond motifs is 3. The van der Waals surface area contributed by atoms with Gasteiger partial charge in [-0.25, -0.2) is 4.79 Å². The van der Waals surface area contributed by atoms with Gasteiger partial charge in [0.2, 0.25) is 0 Å². The van der Waals surface area contributed by atoms with E-state index in [4.69, 9.17) is 4.74 Å². The number of amides is 1. The molecule has 0 aromatic heterocycles. The molecule has 1 heterocycles. The molecule has 1 saturated heterocycles. The van der Waals surface area contributed by atoms with Crippen LogP contribution >= 0.6 is 0 Å². The maximum atomic E-state index is 12.3. The van der Waals surface area contributed by atoms with Crippen molar-refractivity contribution >= 4 is 12.4 Å². The second-order valence-corrected chi connectivity index (χ2v) is 6.34. The van der Waals surface area contributed by atoms with Crippen molar-refractivity contribution in [1.82, 2.24) is 4.90 Å². The summed E-state index contributed by atoms with van der Waals surface area (Å²) in [6.07, 6.45) is 2.04. The molecule has 0 bridgehead atoms. The third-order valence-corrected chi connectivity index (χ3v) is 5.03. The first-order chi connectivity index (χ1) is 11.8. The molecule has 1 fully saturated rings. The zero-order valence-corrected chi connectivity index (χ0v) is 13.4. The molecule has 0 spiro atoms. The summed E-state index contributed by atoms with van der Waals surface area (Å²) in [7, 11) is 0. The highest BCUT2D eigenvalue weighted by Gasteiger charge is 2.32. The van der Waals surface area contributed by atoms with Gasteiger partial charge in [-0.2, -0.15) is 0 Å². The van der Waals surface area contributed by atoms with Crippen LogP contribution in [0, 0.1) is 0 Å². The lowest BCUT2D eigenvalue weighted by atomic mass is 9.98. The predicted molar refractivity (Wildman–Crippen MR) is 90.9 cm³/mol. The molecule has 1 aliphatic heterocycles. The summed E-state index contributed by atoms with van der Waals surface area (Å²) in [6, 6.07) is 16.2. The molecule has 4 heteroatoms. The highest BCUT2D eigenvalue weighted by Crippen LogP contribution is 2.44. The van der Waals surface area contributed by atoms with Crippen molar-refractivity contribution in [2.75, 3.05) is 13.2 Å². The number of ether oxygens (including phenoxy) is 1. The Labute approximate surface area is 141 Å². The third-order valence-electron chi connectivity index (χ3n) is 5.03. The fraction of sp³-hybridized carbons (Fsp3) is 0.300. The number of carbonyl (C=O) groups excluding carboxylic acids is 2. The minimum absolute atomic E-state index is 0.0543. The number of rotatable bonds is 3. The molecular formula is C20H19NO3. The number of likely N-dealkylation sites (tertiary alicyclic amines) is 1. The summed E-state index contributed by atoms with van der Waals surface area (Å²) >= 11 is 0. The van der Waals surface area contributed by atoms with E-state index in [0.29, 0.717) is 13.2 Å². The van der Waals surface area contributed by atoms with E-state index >= 15 is 0 Å². The van der Waals surface area contributed by atoms with Crippen LogP contribution < -0.4 is 0 Å². The zero-order chi connectivity index (χ0) is 16.5. The standard InChI is InChI=1S/C20H19NO3/c22-12-14-6-5-11-21(14)20(23)24-13-19-17-9-3-1-7-15(17)16-8-2-4-10-18(16)19/h1-4,7-10,12,14,19H,5-6,11,13H2/t14-/m0/s1. The first-order valence-corrected chi connectivity index (χ1v) is 8.36. The number of hydrogen-bond donors (Lipinski definition) is 0. The SMILES string of the molecule is O=C[C@@H]1CCCN1C(=O)OCC1c2ccccc2-c2ccccc21. The minimum atomic E-state index is -0.383. The normalized spacial score (nSPS) is 19.0. The lowest BCUT2D eigenvalue weighted by molar-refractivity contribution is -0.111. The van der Waals surface area contributed by atoms with Gasteiger partial charge in [-0.05, 0) is 35.1 Å². The van der Waals surface area contributed by atoms with Gasteiger partial charge in [-0.15, -0.1) is 0 Å². The van der Waals surface area contributed by atoms with Crippen molar-refractivity contribution in [3.63, 3.8) is 0 Å². The molecule has 1 atom stereocenters. The Balaban J connectivity index is 1.55. The maximum Gasteiger partial charge on any atom is 0.410 e. The van der Waals surface area contributed by atoms with E-state index < -0.39 is 0 Å². The van der Waals surface area contributed by atoms with Gasteiger partial charge >= 0.3 is 6.09 Å². The Morgan fingerprint density at radius 3 is 2.33 bits per heavy atom. The Bertz CT molecular complexity index is 740. The van der Waals surface area contributed by atoms with Crippen LogP contribution in [-0.4, -0.2) is 36.5 Å². The molecule has 2 aromatic rings. The van der Waals surface area contributed by atoms with Crippen molar-refractivity contribution in [2.24, 2.45) is 0 Å². The van der Waals surface area contributed by atoms with Crippen molar-refractivity contribution < 1.29 is 14.3 Å². The van der Waals surface area contributed by atoms with Crippen molar-refractivity contribution in [3.8, 4) is 11.1 Å². The van der Waals surface area contributed by atoms with E-state index in [0.717, 1.165) is 19.1 Å². The topological polar surface area (TPSA) is 46.6 Å². The van der Waals surface area contributed by atoms with Crippen LogP contribution in [0.5, 0.6) is 0 Å². The molecule has 0 unspecified atom stereocenters.